The van der Waals surface area contributed by atoms with Crippen LogP contribution in [-0.2, 0) is 15.0 Å². The molecule has 0 spiro atoms. The third kappa shape index (κ3) is 4.86. The lowest BCUT2D eigenvalue weighted by Gasteiger charge is -2.36. The van der Waals surface area contributed by atoms with E-state index in [1.807, 2.05) is 49.4 Å². The van der Waals surface area contributed by atoms with Crippen molar-refractivity contribution in [1.29, 1.82) is 0 Å². The second-order valence-corrected chi connectivity index (χ2v) is 9.64. The molecule has 0 bridgehead atoms. The topological polar surface area (TPSA) is 78.5 Å². The summed E-state index contributed by atoms with van der Waals surface area (Å²) >= 11 is 0. The van der Waals surface area contributed by atoms with Crippen molar-refractivity contribution >= 4 is 34.8 Å². The Labute approximate surface area is 200 Å². The molecule has 6 heteroatoms. The summed E-state index contributed by atoms with van der Waals surface area (Å²) in [5.41, 5.74) is 4.35. The minimum absolute atomic E-state index is 0.0458. The number of rotatable bonds is 4. The van der Waals surface area contributed by atoms with Gasteiger partial charge in [0.15, 0.2) is 0 Å². The number of para-hydroxylation sites is 2. The van der Waals surface area contributed by atoms with Gasteiger partial charge < -0.3 is 10.6 Å². The number of hydrogen-bond acceptors (Lipinski definition) is 3. The molecule has 2 N–H and O–H groups in total. The first-order chi connectivity index (χ1) is 16.1. The Kier molecular flexibility index (Phi) is 6.24. The van der Waals surface area contributed by atoms with E-state index >= 15 is 0 Å². The zero-order chi connectivity index (χ0) is 24.5. The van der Waals surface area contributed by atoms with Gasteiger partial charge in [-0.25, -0.2) is 0 Å². The molecule has 1 aliphatic rings. The zero-order valence-electron chi connectivity index (χ0n) is 19.9. The fraction of sp³-hybridized carbons (Fsp3) is 0.250. The molecule has 3 aromatic rings. The van der Waals surface area contributed by atoms with Gasteiger partial charge in [0.2, 0.25) is 11.8 Å². The van der Waals surface area contributed by atoms with Gasteiger partial charge in [0.05, 0.1) is 17.8 Å². The Morgan fingerprint density at radius 2 is 1.59 bits per heavy atom. The van der Waals surface area contributed by atoms with Crippen molar-refractivity contribution in [1.82, 2.24) is 0 Å². The maximum atomic E-state index is 13.7. The molecule has 0 saturated carbocycles. The molecule has 3 amide bonds. The molecule has 0 unspecified atom stereocenters. The summed E-state index contributed by atoms with van der Waals surface area (Å²) in [5.74, 6) is -1.06. The maximum absolute atomic E-state index is 13.7. The number of nitrogens with zero attached hydrogens (tertiary/aromatic N) is 1. The summed E-state index contributed by atoms with van der Waals surface area (Å²) in [6, 6.07) is 21.0. The second-order valence-electron chi connectivity index (χ2n) is 9.64. The number of fused-ring (bicyclic) bond motifs is 1. The molecule has 6 nitrogen and oxygen atoms in total. The van der Waals surface area contributed by atoms with Crippen LogP contribution in [0.4, 0.5) is 17.1 Å². The van der Waals surface area contributed by atoms with Gasteiger partial charge in [-0.15, -0.1) is 0 Å². The average molecular weight is 456 g/mol. The Bertz CT molecular complexity index is 1230. The Morgan fingerprint density at radius 3 is 2.24 bits per heavy atom. The van der Waals surface area contributed by atoms with Crippen LogP contribution in [0.2, 0.25) is 0 Å². The first kappa shape index (κ1) is 23.2. The molecule has 1 atom stereocenters. The molecule has 0 aromatic heterocycles. The monoisotopic (exact) mass is 455 g/mol. The Morgan fingerprint density at radius 1 is 0.941 bits per heavy atom. The van der Waals surface area contributed by atoms with Crippen molar-refractivity contribution in [3.05, 3.63) is 89.5 Å². The highest BCUT2D eigenvalue weighted by molar-refractivity contribution is 6.17. The van der Waals surface area contributed by atoms with Crippen LogP contribution in [0.3, 0.4) is 0 Å². The summed E-state index contributed by atoms with van der Waals surface area (Å²) in [4.78, 5) is 41.0. The quantitative estimate of drug-likeness (QED) is 0.561. The number of anilines is 3. The fourth-order valence-electron chi connectivity index (χ4n) is 4.00. The molecule has 0 fully saturated rings. The van der Waals surface area contributed by atoms with Gasteiger partial charge in [-0.1, -0.05) is 62.7 Å². The van der Waals surface area contributed by atoms with E-state index in [-0.39, 0.29) is 23.7 Å². The predicted octanol–water partition coefficient (Wildman–Crippen LogP) is 5.29. The standard InChI is InChI=1S/C28H29N3O3/c1-18-9-15-21(16-10-18)29-25(32)17-24-26(33)30-22-7-5-6-8-23(22)31(24)27(34)19-11-13-20(14-12-19)28(2,3)4/h5-16,24H,17H2,1-4H3,(H,29,32)(H,30,33)/t24-/m1/s1. The largest absolute Gasteiger partial charge is 0.326 e. The third-order valence-electron chi connectivity index (χ3n) is 5.97. The number of carbonyl (C=O) groups is 3. The van der Waals surface area contributed by atoms with Crippen molar-refractivity contribution in [2.24, 2.45) is 0 Å². The summed E-state index contributed by atoms with van der Waals surface area (Å²) in [6.07, 6.45) is -0.167. The van der Waals surface area contributed by atoms with Gasteiger partial charge in [-0.05, 0) is 54.3 Å². The summed E-state index contributed by atoms with van der Waals surface area (Å²) in [5, 5.41) is 5.67. The molecule has 1 heterocycles. The van der Waals surface area contributed by atoms with Crippen LogP contribution in [0.5, 0.6) is 0 Å². The molecule has 0 saturated heterocycles. The first-order valence-electron chi connectivity index (χ1n) is 11.3. The van der Waals surface area contributed by atoms with Crippen LogP contribution >= 0.6 is 0 Å². The lowest BCUT2D eigenvalue weighted by molar-refractivity contribution is -0.122. The van der Waals surface area contributed by atoms with E-state index in [2.05, 4.69) is 31.4 Å². The smallest absolute Gasteiger partial charge is 0.259 e. The summed E-state index contributed by atoms with van der Waals surface area (Å²) in [6.45, 7) is 8.29. The molecule has 174 valence electrons. The number of nitrogens with one attached hydrogen (secondary N) is 2. The number of aryl methyl sites for hydroxylation is 1. The van der Waals surface area contributed by atoms with E-state index in [9.17, 15) is 14.4 Å². The number of benzene rings is 3. The van der Waals surface area contributed by atoms with Crippen molar-refractivity contribution in [2.45, 2.75) is 45.6 Å². The van der Waals surface area contributed by atoms with Crippen molar-refractivity contribution in [2.75, 3.05) is 15.5 Å². The van der Waals surface area contributed by atoms with E-state index in [4.69, 9.17) is 0 Å². The van der Waals surface area contributed by atoms with Crippen LogP contribution < -0.4 is 15.5 Å². The summed E-state index contributed by atoms with van der Waals surface area (Å²) < 4.78 is 0. The number of carbonyl (C=O) groups excluding carboxylic acids is 3. The third-order valence-corrected chi connectivity index (χ3v) is 5.97. The van der Waals surface area contributed by atoms with E-state index in [1.165, 1.54) is 4.90 Å². The molecule has 34 heavy (non-hydrogen) atoms. The van der Waals surface area contributed by atoms with Crippen molar-refractivity contribution < 1.29 is 14.4 Å². The Balaban J connectivity index is 1.64. The lowest BCUT2D eigenvalue weighted by atomic mass is 9.86. The molecule has 0 aliphatic carbocycles. The van der Waals surface area contributed by atoms with E-state index in [0.29, 0.717) is 22.6 Å². The zero-order valence-corrected chi connectivity index (χ0v) is 19.9. The van der Waals surface area contributed by atoms with Gasteiger partial charge in [0.25, 0.3) is 5.91 Å². The van der Waals surface area contributed by atoms with Crippen LogP contribution in [0, 0.1) is 6.92 Å². The highest BCUT2D eigenvalue weighted by atomic mass is 16.2. The normalized spacial score (nSPS) is 15.4. The minimum atomic E-state index is -0.977. The SMILES string of the molecule is Cc1ccc(NC(=O)C[C@@H]2C(=O)Nc3ccccc3N2C(=O)c2ccc(C(C)(C)C)cc2)cc1. The van der Waals surface area contributed by atoms with Crippen LogP contribution in [0.25, 0.3) is 0 Å². The van der Waals surface area contributed by atoms with E-state index < -0.39 is 11.9 Å². The van der Waals surface area contributed by atoms with Crippen LogP contribution in [0.1, 0.15) is 48.7 Å². The van der Waals surface area contributed by atoms with Gasteiger partial charge in [-0.2, -0.15) is 0 Å². The molecule has 3 aromatic carbocycles. The minimum Gasteiger partial charge on any atom is -0.326 e. The molecular formula is C28H29N3O3. The molecule has 0 radical (unpaired) electrons. The highest BCUT2D eigenvalue weighted by Crippen LogP contribution is 2.34. The van der Waals surface area contributed by atoms with Crippen LogP contribution in [-0.4, -0.2) is 23.8 Å². The number of amides is 3. The number of hydrogen-bond donors (Lipinski definition) is 2. The van der Waals surface area contributed by atoms with Gasteiger partial charge >= 0.3 is 0 Å². The maximum Gasteiger partial charge on any atom is 0.259 e. The van der Waals surface area contributed by atoms with E-state index in [0.717, 1.165) is 11.1 Å². The Hall–Kier alpha value is -3.93. The summed E-state index contributed by atoms with van der Waals surface area (Å²) in [7, 11) is 0. The predicted molar refractivity (Wildman–Crippen MR) is 135 cm³/mol. The van der Waals surface area contributed by atoms with Crippen LogP contribution in [0.15, 0.2) is 72.8 Å². The van der Waals surface area contributed by atoms with Crippen molar-refractivity contribution in [3.8, 4) is 0 Å². The second kappa shape index (κ2) is 9.14. The molecular weight excluding hydrogens is 426 g/mol. The molecule has 1 aliphatic heterocycles. The highest BCUT2D eigenvalue weighted by Gasteiger charge is 2.38. The van der Waals surface area contributed by atoms with Crippen molar-refractivity contribution in [3.63, 3.8) is 0 Å². The lowest BCUT2D eigenvalue weighted by Crippen LogP contribution is -2.52. The fourth-order valence-corrected chi connectivity index (χ4v) is 4.00. The van der Waals surface area contributed by atoms with Gasteiger partial charge in [-0.3, -0.25) is 19.3 Å². The average Bonchev–Trinajstić information content (AvgIpc) is 2.80. The molecule has 4 rings (SSSR count). The first-order valence-corrected chi connectivity index (χ1v) is 11.3. The van der Waals surface area contributed by atoms with E-state index in [1.54, 1.807) is 30.3 Å². The van der Waals surface area contributed by atoms with Gasteiger partial charge in [0.1, 0.15) is 6.04 Å². The van der Waals surface area contributed by atoms with Gasteiger partial charge in [0, 0.05) is 11.3 Å².